The van der Waals surface area contributed by atoms with E-state index in [4.69, 9.17) is 46.4 Å². The van der Waals surface area contributed by atoms with Crippen LogP contribution >= 0.6 is 46.4 Å². The molecule has 0 heterocycles. The third-order valence-electron chi connectivity index (χ3n) is 3.11. The highest BCUT2D eigenvalue weighted by Crippen LogP contribution is 2.42. The zero-order valence-corrected chi connectivity index (χ0v) is 14.5. The predicted octanol–water partition coefficient (Wildman–Crippen LogP) is 6.47. The SMILES string of the molecule is CCCNCc1ccc(-c2c(Cl)cc(Cl)c(Cl)c2Cl)cc1. The van der Waals surface area contributed by atoms with Gasteiger partial charge in [0.05, 0.1) is 20.1 Å². The third kappa shape index (κ3) is 4.06. The average molecular weight is 363 g/mol. The van der Waals surface area contributed by atoms with E-state index in [9.17, 15) is 0 Å². The summed E-state index contributed by atoms with van der Waals surface area (Å²) < 4.78 is 0. The first-order chi connectivity index (χ1) is 10.0. The molecule has 0 aromatic heterocycles. The highest BCUT2D eigenvalue weighted by atomic mass is 35.5. The van der Waals surface area contributed by atoms with Gasteiger partial charge >= 0.3 is 0 Å². The molecule has 2 aromatic carbocycles. The number of benzene rings is 2. The topological polar surface area (TPSA) is 12.0 Å². The monoisotopic (exact) mass is 361 g/mol. The molecule has 0 unspecified atom stereocenters. The summed E-state index contributed by atoms with van der Waals surface area (Å²) in [7, 11) is 0. The van der Waals surface area contributed by atoms with Crippen LogP contribution in [-0.2, 0) is 6.54 Å². The lowest BCUT2D eigenvalue weighted by Gasteiger charge is -2.11. The van der Waals surface area contributed by atoms with Gasteiger partial charge in [0.1, 0.15) is 0 Å². The fourth-order valence-electron chi connectivity index (χ4n) is 2.03. The molecule has 0 aliphatic rings. The molecule has 21 heavy (non-hydrogen) atoms. The van der Waals surface area contributed by atoms with E-state index in [-0.39, 0.29) is 0 Å². The van der Waals surface area contributed by atoms with Gasteiger partial charge in [-0.25, -0.2) is 0 Å². The minimum atomic E-state index is 0.325. The van der Waals surface area contributed by atoms with Crippen LogP contribution in [0.4, 0.5) is 0 Å². The predicted molar refractivity (Wildman–Crippen MR) is 93.9 cm³/mol. The fraction of sp³-hybridized carbons (Fsp3) is 0.250. The van der Waals surface area contributed by atoms with E-state index in [1.165, 1.54) is 5.56 Å². The summed E-state index contributed by atoms with van der Waals surface area (Å²) in [6, 6.07) is 9.68. The standard InChI is InChI=1S/C16H15Cl4N/c1-2-7-21-9-10-3-5-11(6-4-10)14-12(17)8-13(18)15(19)16(14)20/h3-6,8,21H,2,7,9H2,1H3. The number of nitrogens with one attached hydrogen (secondary N) is 1. The van der Waals surface area contributed by atoms with Crippen LogP contribution in [0.15, 0.2) is 30.3 Å². The van der Waals surface area contributed by atoms with Crippen LogP contribution in [0.25, 0.3) is 11.1 Å². The van der Waals surface area contributed by atoms with Crippen molar-refractivity contribution in [1.82, 2.24) is 5.32 Å². The van der Waals surface area contributed by atoms with Crippen LogP contribution in [0.5, 0.6) is 0 Å². The molecule has 2 rings (SSSR count). The summed E-state index contributed by atoms with van der Waals surface area (Å²) in [6.45, 7) is 3.99. The van der Waals surface area contributed by atoms with Gasteiger partial charge in [-0.15, -0.1) is 0 Å². The second-order valence-corrected chi connectivity index (χ2v) is 6.29. The van der Waals surface area contributed by atoms with Crippen molar-refractivity contribution in [3.05, 3.63) is 56.0 Å². The lowest BCUT2D eigenvalue weighted by Crippen LogP contribution is -2.13. The molecule has 0 fully saturated rings. The van der Waals surface area contributed by atoms with Crippen LogP contribution in [0.1, 0.15) is 18.9 Å². The largest absolute Gasteiger partial charge is 0.313 e. The molecular weight excluding hydrogens is 348 g/mol. The Bertz CT molecular complexity index is 623. The van der Waals surface area contributed by atoms with Crippen molar-refractivity contribution in [1.29, 1.82) is 0 Å². The van der Waals surface area contributed by atoms with Gasteiger partial charge in [-0.2, -0.15) is 0 Å². The van der Waals surface area contributed by atoms with Gasteiger partial charge < -0.3 is 5.32 Å². The Hall–Kier alpha value is -0.440. The van der Waals surface area contributed by atoms with Crippen molar-refractivity contribution in [2.45, 2.75) is 19.9 Å². The van der Waals surface area contributed by atoms with Gasteiger partial charge in [0.15, 0.2) is 0 Å². The highest BCUT2D eigenvalue weighted by molar-refractivity contribution is 6.51. The van der Waals surface area contributed by atoms with Crippen molar-refractivity contribution in [3.63, 3.8) is 0 Å². The molecular formula is C16H15Cl4N. The van der Waals surface area contributed by atoms with Crippen LogP contribution in [0.2, 0.25) is 20.1 Å². The van der Waals surface area contributed by atoms with Crippen molar-refractivity contribution < 1.29 is 0 Å². The number of rotatable bonds is 5. The molecule has 0 radical (unpaired) electrons. The average Bonchev–Trinajstić information content (AvgIpc) is 2.47. The summed E-state index contributed by atoms with van der Waals surface area (Å²) in [5.74, 6) is 0. The van der Waals surface area contributed by atoms with E-state index >= 15 is 0 Å². The lowest BCUT2D eigenvalue weighted by atomic mass is 10.0. The Morgan fingerprint density at radius 1 is 0.905 bits per heavy atom. The maximum atomic E-state index is 6.27. The molecule has 0 amide bonds. The lowest BCUT2D eigenvalue weighted by molar-refractivity contribution is 0.675. The molecule has 0 aliphatic carbocycles. The summed E-state index contributed by atoms with van der Waals surface area (Å²) in [6.07, 6.45) is 1.12. The number of halogens is 4. The maximum absolute atomic E-state index is 6.27. The summed E-state index contributed by atoms with van der Waals surface area (Å²) >= 11 is 24.6. The molecule has 0 aliphatic heterocycles. The number of hydrogen-bond donors (Lipinski definition) is 1. The van der Waals surface area contributed by atoms with E-state index in [2.05, 4.69) is 12.2 Å². The maximum Gasteiger partial charge on any atom is 0.0785 e. The van der Waals surface area contributed by atoms with Crippen molar-refractivity contribution in [2.75, 3.05) is 6.54 Å². The molecule has 1 N–H and O–H groups in total. The summed E-state index contributed by atoms with van der Waals surface area (Å²) in [5.41, 5.74) is 2.84. The van der Waals surface area contributed by atoms with Gasteiger partial charge in [0, 0.05) is 12.1 Å². The van der Waals surface area contributed by atoms with Crippen molar-refractivity contribution in [3.8, 4) is 11.1 Å². The van der Waals surface area contributed by atoms with Crippen LogP contribution in [0.3, 0.4) is 0 Å². The quantitative estimate of drug-likeness (QED) is 0.365. The Morgan fingerprint density at radius 3 is 2.19 bits per heavy atom. The molecule has 0 saturated carbocycles. The van der Waals surface area contributed by atoms with E-state index in [1.807, 2.05) is 24.3 Å². The first-order valence-electron chi connectivity index (χ1n) is 6.67. The molecule has 0 spiro atoms. The third-order valence-corrected chi connectivity index (χ3v) is 4.67. The van der Waals surface area contributed by atoms with Gasteiger partial charge in [0.2, 0.25) is 0 Å². The second kappa shape index (κ2) is 7.71. The first-order valence-corrected chi connectivity index (χ1v) is 8.18. The second-order valence-electron chi connectivity index (χ2n) is 4.72. The number of hydrogen-bond acceptors (Lipinski definition) is 1. The van der Waals surface area contributed by atoms with Gasteiger partial charge in [0.25, 0.3) is 0 Å². The zero-order chi connectivity index (χ0) is 15.4. The molecule has 1 nitrogen and oxygen atoms in total. The van der Waals surface area contributed by atoms with Gasteiger partial charge in [-0.1, -0.05) is 77.6 Å². The summed E-state index contributed by atoms with van der Waals surface area (Å²) in [4.78, 5) is 0. The fourth-order valence-corrected chi connectivity index (χ4v) is 3.16. The van der Waals surface area contributed by atoms with E-state index in [0.717, 1.165) is 25.1 Å². The van der Waals surface area contributed by atoms with E-state index < -0.39 is 0 Å². The van der Waals surface area contributed by atoms with E-state index in [1.54, 1.807) is 6.07 Å². The Labute approximate surface area is 145 Å². The smallest absolute Gasteiger partial charge is 0.0785 e. The summed E-state index contributed by atoms with van der Waals surface area (Å²) in [5, 5.41) is 4.91. The molecule has 5 heteroatoms. The minimum Gasteiger partial charge on any atom is -0.313 e. The molecule has 2 aromatic rings. The first kappa shape index (κ1) is 16.9. The Morgan fingerprint density at radius 2 is 1.57 bits per heavy atom. The minimum absolute atomic E-state index is 0.325. The molecule has 0 bridgehead atoms. The molecule has 112 valence electrons. The van der Waals surface area contributed by atoms with Gasteiger partial charge in [-0.3, -0.25) is 0 Å². The van der Waals surface area contributed by atoms with Crippen molar-refractivity contribution >= 4 is 46.4 Å². The highest BCUT2D eigenvalue weighted by Gasteiger charge is 2.15. The van der Waals surface area contributed by atoms with Crippen molar-refractivity contribution in [2.24, 2.45) is 0 Å². The Balaban J connectivity index is 2.29. The van der Waals surface area contributed by atoms with Gasteiger partial charge in [-0.05, 0) is 30.2 Å². The van der Waals surface area contributed by atoms with Crippen LogP contribution in [0, 0.1) is 0 Å². The zero-order valence-electron chi connectivity index (χ0n) is 11.5. The van der Waals surface area contributed by atoms with Crippen LogP contribution in [-0.4, -0.2) is 6.54 Å². The molecule has 0 saturated heterocycles. The normalized spacial score (nSPS) is 10.9. The van der Waals surface area contributed by atoms with E-state index in [0.29, 0.717) is 25.7 Å². The molecule has 0 atom stereocenters. The van der Waals surface area contributed by atoms with Crippen LogP contribution < -0.4 is 5.32 Å². The Kier molecular flexibility index (Phi) is 6.21.